The highest BCUT2D eigenvalue weighted by atomic mass is 16.5. The number of rotatable bonds is 4. The molecule has 0 unspecified atom stereocenters. The summed E-state index contributed by atoms with van der Waals surface area (Å²) in [7, 11) is 5.62. The van der Waals surface area contributed by atoms with E-state index in [1.54, 1.807) is 18.1 Å². The van der Waals surface area contributed by atoms with Gasteiger partial charge in [0.15, 0.2) is 5.76 Å². The van der Waals surface area contributed by atoms with Crippen LogP contribution in [0, 0.1) is 6.92 Å². The number of likely N-dealkylation sites (N-methyl/N-ethyl adjacent to an activating group) is 2. The third-order valence-electron chi connectivity index (χ3n) is 3.77. The zero-order valence-corrected chi connectivity index (χ0v) is 12.0. The minimum Gasteiger partial charge on any atom is -0.456 e. The van der Waals surface area contributed by atoms with Crippen LogP contribution in [0.15, 0.2) is 16.5 Å². The van der Waals surface area contributed by atoms with Crippen molar-refractivity contribution in [3.63, 3.8) is 0 Å². The number of carbonyl (C=O) groups excluding carboxylic acids is 1. The van der Waals surface area contributed by atoms with Crippen LogP contribution in [-0.4, -0.2) is 62.1 Å². The van der Waals surface area contributed by atoms with Gasteiger partial charge in [0.2, 0.25) is 0 Å². The summed E-state index contributed by atoms with van der Waals surface area (Å²) < 4.78 is 10.7. The molecule has 0 bridgehead atoms. The number of ether oxygens (including phenoxy) is 1. The Balaban J connectivity index is 1.94. The fraction of sp³-hybridized carbons (Fsp3) is 0.643. The Bertz CT molecular complexity index is 444. The summed E-state index contributed by atoms with van der Waals surface area (Å²) in [5.74, 6) is 1.10. The van der Waals surface area contributed by atoms with Crippen molar-refractivity contribution >= 4 is 5.91 Å². The van der Waals surface area contributed by atoms with E-state index in [-0.39, 0.29) is 12.0 Å². The smallest absolute Gasteiger partial charge is 0.289 e. The first kappa shape index (κ1) is 14.1. The molecule has 0 radical (unpaired) electrons. The van der Waals surface area contributed by atoms with Crippen LogP contribution >= 0.6 is 0 Å². The fourth-order valence-corrected chi connectivity index (χ4v) is 2.55. The molecule has 19 heavy (non-hydrogen) atoms. The molecule has 1 aliphatic rings. The van der Waals surface area contributed by atoms with Crippen molar-refractivity contribution in [2.75, 3.05) is 34.3 Å². The molecule has 0 saturated carbocycles. The minimum atomic E-state index is -0.0673. The van der Waals surface area contributed by atoms with E-state index >= 15 is 0 Å². The summed E-state index contributed by atoms with van der Waals surface area (Å²) in [4.78, 5) is 16.1. The van der Waals surface area contributed by atoms with Crippen molar-refractivity contribution in [2.45, 2.75) is 25.5 Å². The van der Waals surface area contributed by atoms with E-state index in [0.717, 1.165) is 18.7 Å². The normalized spacial score (nSPS) is 23.8. The van der Waals surface area contributed by atoms with Crippen LogP contribution in [0.25, 0.3) is 0 Å². The van der Waals surface area contributed by atoms with Gasteiger partial charge in [0.05, 0.1) is 6.10 Å². The van der Waals surface area contributed by atoms with Gasteiger partial charge in [-0.25, -0.2) is 0 Å². The molecule has 5 nitrogen and oxygen atoms in total. The number of nitrogens with zero attached hydrogens (tertiary/aromatic N) is 2. The number of likely N-dealkylation sites (tertiary alicyclic amines) is 1. The number of aryl methyl sites for hydroxylation is 1. The lowest BCUT2D eigenvalue weighted by atomic mass is 10.2. The van der Waals surface area contributed by atoms with E-state index in [1.807, 2.05) is 20.0 Å². The maximum Gasteiger partial charge on any atom is 0.289 e. The van der Waals surface area contributed by atoms with Gasteiger partial charge in [-0.15, -0.1) is 0 Å². The van der Waals surface area contributed by atoms with Crippen LogP contribution < -0.4 is 0 Å². The fourth-order valence-electron chi connectivity index (χ4n) is 2.55. The highest BCUT2D eigenvalue weighted by Gasteiger charge is 2.31. The molecule has 1 aliphatic heterocycles. The van der Waals surface area contributed by atoms with Gasteiger partial charge in [0.25, 0.3) is 5.91 Å². The van der Waals surface area contributed by atoms with Gasteiger partial charge >= 0.3 is 0 Å². The van der Waals surface area contributed by atoms with Crippen molar-refractivity contribution in [3.05, 3.63) is 23.7 Å². The van der Waals surface area contributed by atoms with Gasteiger partial charge in [-0.05, 0) is 32.5 Å². The molecule has 5 heteroatoms. The molecule has 2 atom stereocenters. The first-order valence-corrected chi connectivity index (χ1v) is 6.56. The van der Waals surface area contributed by atoms with Gasteiger partial charge in [-0.1, -0.05) is 0 Å². The third-order valence-corrected chi connectivity index (χ3v) is 3.77. The zero-order chi connectivity index (χ0) is 14.0. The molecule has 1 aromatic heterocycles. The van der Waals surface area contributed by atoms with E-state index < -0.39 is 0 Å². The van der Waals surface area contributed by atoms with Crippen molar-refractivity contribution in [1.82, 2.24) is 9.80 Å². The number of amides is 1. The predicted octanol–water partition coefficient (Wildman–Crippen LogP) is 1.38. The van der Waals surface area contributed by atoms with Gasteiger partial charge in [-0.2, -0.15) is 0 Å². The molecule has 0 aromatic carbocycles. The maximum absolute atomic E-state index is 12.2. The van der Waals surface area contributed by atoms with Gasteiger partial charge in [0, 0.05) is 33.3 Å². The van der Waals surface area contributed by atoms with E-state index in [9.17, 15) is 4.79 Å². The van der Waals surface area contributed by atoms with Crippen LogP contribution in [0.3, 0.4) is 0 Å². The molecule has 0 N–H and O–H groups in total. The molecule has 1 saturated heterocycles. The summed E-state index contributed by atoms with van der Waals surface area (Å²) in [5, 5.41) is 0. The Morgan fingerprint density at radius 1 is 1.58 bits per heavy atom. The Morgan fingerprint density at radius 2 is 2.32 bits per heavy atom. The lowest BCUT2D eigenvalue weighted by molar-refractivity contribution is 0.0727. The van der Waals surface area contributed by atoms with Crippen LogP contribution in [0.2, 0.25) is 0 Å². The number of hydrogen-bond donors (Lipinski definition) is 0. The van der Waals surface area contributed by atoms with E-state index in [2.05, 4.69) is 11.9 Å². The van der Waals surface area contributed by atoms with Crippen LogP contribution in [0.1, 0.15) is 22.7 Å². The molecule has 1 fully saturated rings. The summed E-state index contributed by atoms with van der Waals surface area (Å²) in [6, 6.07) is 3.88. The van der Waals surface area contributed by atoms with Crippen LogP contribution in [-0.2, 0) is 4.74 Å². The summed E-state index contributed by atoms with van der Waals surface area (Å²) in [6.07, 6.45) is 1.23. The Hall–Kier alpha value is -1.33. The second-order valence-corrected chi connectivity index (χ2v) is 5.28. The average Bonchev–Trinajstić information content (AvgIpc) is 2.95. The molecule has 2 heterocycles. The first-order valence-electron chi connectivity index (χ1n) is 6.56. The van der Waals surface area contributed by atoms with Crippen molar-refractivity contribution in [3.8, 4) is 0 Å². The number of carbonyl (C=O) groups is 1. The summed E-state index contributed by atoms with van der Waals surface area (Å²) in [6.45, 7) is 3.45. The SMILES string of the molecule is CO[C@H]1C[C@@H](CN(C)C(=O)c2ccc(C)o2)N(C)C1. The molecule has 1 amide bonds. The number of furan rings is 1. The largest absolute Gasteiger partial charge is 0.456 e. The maximum atomic E-state index is 12.2. The van der Waals surface area contributed by atoms with Crippen LogP contribution in [0.4, 0.5) is 0 Å². The summed E-state index contributed by atoms with van der Waals surface area (Å²) >= 11 is 0. The quantitative estimate of drug-likeness (QED) is 0.826. The number of methoxy groups -OCH3 is 1. The third kappa shape index (κ3) is 3.16. The highest BCUT2D eigenvalue weighted by Crippen LogP contribution is 2.19. The monoisotopic (exact) mass is 266 g/mol. The standard InChI is InChI=1S/C14H22N2O3/c1-10-5-6-13(19-10)14(17)16(3)8-11-7-12(18-4)9-15(11)2/h5-6,11-12H,7-9H2,1-4H3/t11-,12-/m0/s1. The number of hydrogen-bond acceptors (Lipinski definition) is 4. The van der Waals surface area contributed by atoms with Gasteiger partial charge < -0.3 is 14.1 Å². The van der Waals surface area contributed by atoms with Crippen molar-refractivity contribution < 1.29 is 13.9 Å². The zero-order valence-electron chi connectivity index (χ0n) is 12.0. The van der Waals surface area contributed by atoms with E-state index in [1.165, 1.54) is 0 Å². The van der Waals surface area contributed by atoms with Gasteiger partial charge in [-0.3, -0.25) is 9.69 Å². The Kier molecular flexibility index (Phi) is 4.27. The lowest BCUT2D eigenvalue weighted by Gasteiger charge is -2.24. The second-order valence-electron chi connectivity index (χ2n) is 5.28. The minimum absolute atomic E-state index is 0.0673. The highest BCUT2D eigenvalue weighted by molar-refractivity contribution is 5.91. The molecular formula is C14H22N2O3. The average molecular weight is 266 g/mol. The van der Waals surface area contributed by atoms with E-state index in [4.69, 9.17) is 9.15 Å². The molecule has 106 valence electrons. The predicted molar refractivity (Wildman–Crippen MR) is 72.2 cm³/mol. The summed E-state index contributed by atoms with van der Waals surface area (Å²) in [5.41, 5.74) is 0. The topological polar surface area (TPSA) is 45.9 Å². The molecule has 1 aromatic rings. The lowest BCUT2D eigenvalue weighted by Crippen LogP contribution is -2.39. The van der Waals surface area contributed by atoms with E-state index in [0.29, 0.717) is 18.3 Å². The van der Waals surface area contributed by atoms with Crippen molar-refractivity contribution in [1.29, 1.82) is 0 Å². The Labute approximate surface area is 114 Å². The molecule has 0 spiro atoms. The van der Waals surface area contributed by atoms with Gasteiger partial charge in [0.1, 0.15) is 5.76 Å². The Morgan fingerprint density at radius 3 is 2.84 bits per heavy atom. The molecular weight excluding hydrogens is 244 g/mol. The molecule has 2 rings (SSSR count). The van der Waals surface area contributed by atoms with Crippen molar-refractivity contribution in [2.24, 2.45) is 0 Å². The van der Waals surface area contributed by atoms with Crippen LogP contribution in [0.5, 0.6) is 0 Å². The molecule has 0 aliphatic carbocycles. The first-order chi connectivity index (χ1) is 9.01. The second kappa shape index (κ2) is 5.75.